The van der Waals surface area contributed by atoms with Gasteiger partial charge in [0.1, 0.15) is 17.8 Å². The Morgan fingerprint density at radius 2 is 1.88 bits per heavy atom. The number of hydrogen-bond acceptors (Lipinski definition) is 6. The number of aryl methyl sites for hydroxylation is 2. The van der Waals surface area contributed by atoms with E-state index in [9.17, 15) is 4.79 Å². The van der Waals surface area contributed by atoms with E-state index in [-0.39, 0.29) is 0 Å². The number of esters is 1. The smallest absolute Gasteiger partial charge is 0.352 e. The van der Waals surface area contributed by atoms with Gasteiger partial charge in [-0.05, 0) is 66.6 Å². The minimum absolute atomic E-state index is 0.377. The summed E-state index contributed by atoms with van der Waals surface area (Å²) in [7, 11) is 0. The minimum Gasteiger partial charge on any atom is -0.479 e. The summed E-state index contributed by atoms with van der Waals surface area (Å²) in [6.07, 6.45) is 0.671. The van der Waals surface area contributed by atoms with Gasteiger partial charge in [-0.25, -0.2) is 9.48 Å². The van der Waals surface area contributed by atoms with Crippen LogP contribution in [0.2, 0.25) is 5.02 Å². The molecular formula is C18H17ClN4O3. The zero-order valence-corrected chi connectivity index (χ0v) is 15.3. The highest BCUT2D eigenvalue weighted by Crippen LogP contribution is 2.26. The van der Waals surface area contributed by atoms with Crippen molar-refractivity contribution >= 4 is 17.6 Å². The fourth-order valence-electron chi connectivity index (χ4n) is 2.39. The van der Waals surface area contributed by atoms with Crippen LogP contribution >= 0.6 is 11.6 Å². The van der Waals surface area contributed by atoms with Crippen LogP contribution < -0.4 is 9.47 Å². The third kappa shape index (κ3) is 4.00. The molecule has 1 heterocycles. The molecule has 3 aromatic rings. The van der Waals surface area contributed by atoms with Gasteiger partial charge in [0.05, 0.1) is 5.69 Å². The molecule has 0 spiro atoms. The van der Waals surface area contributed by atoms with Gasteiger partial charge in [0, 0.05) is 11.1 Å². The molecule has 0 amide bonds. The van der Waals surface area contributed by atoms with Crippen LogP contribution in [-0.2, 0) is 4.79 Å². The molecule has 0 saturated carbocycles. The van der Waals surface area contributed by atoms with Crippen molar-refractivity contribution < 1.29 is 14.3 Å². The molecule has 0 aliphatic heterocycles. The first kappa shape index (κ1) is 17.9. The number of tetrazole rings is 1. The van der Waals surface area contributed by atoms with Crippen LogP contribution in [0.3, 0.4) is 0 Å². The summed E-state index contributed by atoms with van der Waals surface area (Å²) in [6, 6.07) is 10.5. The third-order valence-electron chi connectivity index (χ3n) is 3.70. The summed E-state index contributed by atoms with van der Waals surface area (Å²) < 4.78 is 12.6. The lowest BCUT2D eigenvalue weighted by molar-refractivity contribution is -0.141. The van der Waals surface area contributed by atoms with E-state index in [1.165, 1.54) is 11.0 Å². The second-order valence-electron chi connectivity index (χ2n) is 5.80. The molecular weight excluding hydrogens is 356 g/mol. The second-order valence-corrected chi connectivity index (χ2v) is 6.18. The molecule has 26 heavy (non-hydrogen) atoms. The Kier molecular flexibility index (Phi) is 5.18. The van der Waals surface area contributed by atoms with E-state index in [0.29, 0.717) is 22.2 Å². The number of rotatable bonds is 5. The van der Waals surface area contributed by atoms with Crippen molar-refractivity contribution in [3.05, 3.63) is 58.9 Å². The van der Waals surface area contributed by atoms with E-state index < -0.39 is 12.1 Å². The number of carbonyl (C=O) groups is 1. The van der Waals surface area contributed by atoms with Crippen LogP contribution in [0.1, 0.15) is 18.1 Å². The van der Waals surface area contributed by atoms with Gasteiger partial charge in [-0.1, -0.05) is 17.7 Å². The Morgan fingerprint density at radius 3 is 2.54 bits per heavy atom. The molecule has 0 aliphatic rings. The molecule has 0 bridgehead atoms. The summed E-state index contributed by atoms with van der Waals surface area (Å²) in [5.74, 6) is 0.433. The highest BCUT2D eigenvalue weighted by Gasteiger charge is 2.18. The maximum Gasteiger partial charge on any atom is 0.352 e. The molecule has 0 radical (unpaired) electrons. The summed E-state index contributed by atoms with van der Waals surface area (Å²) in [4.78, 5) is 12.3. The summed E-state index contributed by atoms with van der Waals surface area (Å²) in [6.45, 7) is 5.40. The van der Waals surface area contributed by atoms with Gasteiger partial charge in [-0.15, -0.1) is 5.10 Å². The van der Waals surface area contributed by atoms with E-state index in [2.05, 4.69) is 15.5 Å². The third-order valence-corrected chi connectivity index (χ3v) is 4.30. The lowest BCUT2D eigenvalue weighted by atomic mass is 10.1. The normalized spacial score (nSPS) is 11.8. The van der Waals surface area contributed by atoms with E-state index in [1.807, 2.05) is 13.8 Å². The van der Waals surface area contributed by atoms with Gasteiger partial charge in [0.15, 0.2) is 6.10 Å². The Morgan fingerprint density at radius 1 is 1.15 bits per heavy atom. The molecule has 0 saturated heterocycles. The largest absolute Gasteiger partial charge is 0.479 e. The Labute approximate surface area is 155 Å². The average Bonchev–Trinajstić information content (AvgIpc) is 3.14. The SMILES string of the molecule is Cc1cc(O[C@@H](C)C(=O)Oc2cccc(-n3cnnn3)c2)cc(C)c1Cl. The molecule has 1 atom stereocenters. The minimum atomic E-state index is -0.785. The van der Waals surface area contributed by atoms with Crippen LogP contribution in [0.4, 0.5) is 0 Å². The van der Waals surface area contributed by atoms with Crippen LogP contribution in [-0.4, -0.2) is 32.3 Å². The monoisotopic (exact) mass is 372 g/mol. The van der Waals surface area contributed by atoms with E-state index in [4.69, 9.17) is 21.1 Å². The summed E-state index contributed by atoms with van der Waals surface area (Å²) >= 11 is 6.15. The van der Waals surface area contributed by atoms with Gasteiger partial charge < -0.3 is 9.47 Å². The predicted octanol–water partition coefficient (Wildman–Crippen LogP) is 3.31. The number of nitrogens with zero attached hydrogens (tertiary/aromatic N) is 4. The number of benzene rings is 2. The summed E-state index contributed by atoms with van der Waals surface area (Å²) in [5, 5.41) is 11.6. The number of aromatic nitrogens is 4. The Hall–Kier alpha value is -2.93. The van der Waals surface area contributed by atoms with Gasteiger partial charge in [-0.3, -0.25) is 0 Å². The Bertz CT molecular complexity index is 905. The first-order valence-corrected chi connectivity index (χ1v) is 8.30. The maximum atomic E-state index is 12.3. The number of carbonyl (C=O) groups excluding carboxylic acids is 1. The molecule has 134 valence electrons. The van der Waals surface area contributed by atoms with E-state index in [0.717, 1.165) is 11.1 Å². The van der Waals surface area contributed by atoms with Crippen LogP contribution in [0.15, 0.2) is 42.7 Å². The van der Waals surface area contributed by atoms with Crippen molar-refractivity contribution in [1.82, 2.24) is 20.2 Å². The van der Waals surface area contributed by atoms with Crippen LogP contribution in [0.25, 0.3) is 5.69 Å². The topological polar surface area (TPSA) is 79.1 Å². The van der Waals surface area contributed by atoms with Gasteiger partial charge in [0.2, 0.25) is 0 Å². The van der Waals surface area contributed by atoms with Crippen molar-refractivity contribution in [2.75, 3.05) is 0 Å². The first-order chi connectivity index (χ1) is 12.4. The van der Waals surface area contributed by atoms with Crippen LogP contribution in [0.5, 0.6) is 11.5 Å². The molecule has 0 unspecified atom stereocenters. The first-order valence-electron chi connectivity index (χ1n) is 7.92. The standard InChI is InChI=1S/C18H17ClN4O3/c1-11-7-16(8-12(2)17(11)19)25-13(3)18(24)26-15-6-4-5-14(9-15)23-10-20-21-22-23/h4-10,13H,1-3H3/t13-/m0/s1. The zero-order valence-electron chi connectivity index (χ0n) is 14.5. The average molecular weight is 373 g/mol. The molecule has 3 rings (SSSR count). The lowest BCUT2D eigenvalue weighted by Crippen LogP contribution is -2.28. The van der Waals surface area contributed by atoms with Crippen molar-refractivity contribution in [3.63, 3.8) is 0 Å². The predicted molar refractivity (Wildman–Crippen MR) is 95.8 cm³/mol. The van der Waals surface area contributed by atoms with Crippen molar-refractivity contribution in [1.29, 1.82) is 0 Å². The van der Waals surface area contributed by atoms with Gasteiger partial charge >= 0.3 is 5.97 Å². The Balaban J connectivity index is 1.69. The van der Waals surface area contributed by atoms with E-state index >= 15 is 0 Å². The fourth-order valence-corrected chi connectivity index (χ4v) is 2.50. The van der Waals surface area contributed by atoms with Crippen LogP contribution in [0, 0.1) is 13.8 Å². The molecule has 0 N–H and O–H groups in total. The highest BCUT2D eigenvalue weighted by atomic mass is 35.5. The van der Waals surface area contributed by atoms with Crippen molar-refractivity contribution in [3.8, 4) is 17.2 Å². The summed E-state index contributed by atoms with van der Waals surface area (Å²) in [5.41, 5.74) is 2.45. The quantitative estimate of drug-likeness (QED) is 0.505. The molecule has 8 heteroatoms. The lowest BCUT2D eigenvalue weighted by Gasteiger charge is -2.15. The molecule has 1 aromatic heterocycles. The van der Waals surface area contributed by atoms with Crippen molar-refractivity contribution in [2.45, 2.75) is 26.9 Å². The molecule has 0 aliphatic carbocycles. The zero-order chi connectivity index (χ0) is 18.7. The molecule has 2 aromatic carbocycles. The molecule has 7 nitrogen and oxygen atoms in total. The van der Waals surface area contributed by atoms with E-state index in [1.54, 1.807) is 43.3 Å². The van der Waals surface area contributed by atoms with Gasteiger partial charge in [0.25, 0.3) is 0 Å². The number of hydrogen-bond donors (Lipinski definition) is 0. The number of halogens is 1. The van der Waals surface area contributed by atoms with Crippen molar-refractivity contribution in [2.24, 2.45) is 0 Å². The fraction of sp³-hybridized carbons (Fsp3) is 0.222. The van der Waals surface area contributed by atoms with Gasteiger partial charge in [-0.2, -0.15) is 0 Å². The second kappa shape index (κ2) is 7.53. The highest BCUT2D eigenvalue weighted by molar-refractivity contribution is 6.32. The molecule has 0 fully saturated rings. The maximum absolute atomic E-state index is 12.3. The number of ether oxygens (including phenoxy) is 2.